The van der Waals surface area contributed by atoms with E-state index in [1.165, 1.54) is 22.3 Å². The van der Waals surface area contributed by atoms with Crippen molar-refractivity contribution in [2.45, 2.75) is 12.5 Å². The van der Waals surface area contributed by atoms with Crippen molar-refractivity contribution >= 4 is 0 Å². The van der Waals surface area contributed by atoms with Crippen LogP contribution in [0.15, 0.2) is 42.5 Å². The van der Waals surface area contributed by atoms with E-state index in [1.807, 2.05) is 12.1 Å². The summed E-state index contributed by atoms with van der Waals surface area (Å²) in [6, 6.07) is 14.5. The first-order valence-electron chi connectivity index (χ1n) is 5.89. The van der Waals surface area contributed by atoms with Gasteiger partial charge in [0.05, 0.1) is 6.10 Å². The minimum Gasteiger partial charge on any atom is -0.387 e. The van der Waals surface area contributed by atoms with Gasteiger partial charge in [-0.1, -0.05) is 42.5 Å². The van der Waals surface area contributed by atoms with Gasteiger partial charge in [-0.2, -0.15) is 0 Å². The van der Waals surface area contributed by atoms with Crippen LogP contribution in [0.1, 0.15) is 22.8 Å². The molecule has 86 valence electrons. The largest absolute Gasteiger partial charge is 0.387 e. The lowest BCUT2D eigenvalue weighted by atomic mass is 9.97. The van der Waals surface area contributed by atoms with Gasteiger partial charge in [-0.25, -0.2) is 0 Å². The number of aliphatic hydroxyl groups is 1. The highest BCUT2D eigenvalue weighted by molar-refractivity contribution is 5.77. The molecule has 0 saturated carbocycles. The highest BCUT2D eigenvalue weighted by Gasteiger charge is 2.22. The third kappa shape index (κ3) is 1.57. The van der Waals surface area contributed by atoms with Gasteiger partial charge < -0.3 is 10.8 Å². The monoisotopic (exact) mass is 225 g/mol. The molecule has 0 fully saturated rings. The normalized spacial score (nSPS) is 14.2. The Balaban J connectivity index is 2.17. The molecular formula is C15H15NO. The van der Waals surface area contributed by atoms with E-state index >= 15 is 0 Å². The van der Waals surface area contributed by atoms with Crippen molar-refractivity contribution in [3.8, 4) is 11.1 Å². The van der Waals surface area contributed by atoms with Crippen molar-refractivity contribution < 1.29 is 5.11 Å². The highest BCUT2D eigenvalue weighted by atomic mass is 16.3. The number of hydrogen-bond donors (Lipinski definition) is 2. The number of hydrogen-bond acceptors (Lipinski definition) is 2. The van der Waals surface area contributed by atoms with Gasteiger partial charge in [-0.3, -0.25) is 0 Å². The minimum atomic E-state index is -0.556. The third-order valence-electron chi connectivity index (χ3n) is 3.47. The molecule has 2 nitrogen and oxygen atoms in total. The fourth-order valence-electron chi connectivity index (χ4n) is 2.62. The summed E-state index contributed by atoms with van der Waals surface area (Å²) in [5.74, 6) is 0. The standard InChI is InChI=1S/C15H15NO/c16-9-15(17)13-7-3-6-12-11-5-2-1-4-10(11)8-14(12)13/h1-7,15,17H,8-9,16H2/t15-/m1/s1. The molecular weight excluding hydrogens is 210 g/mol. The van der Waals surface area contributed by atoms with Crippen LogP contribution in [0, 0.1) is 0 Å². The molecule has 0 amide bonds. The Morgan fingerprint density at radius 2 is 1.82 bits per heavy atom. The summed E-state index contributed by atoms with van der Waals surface area (Å²) < 4.78 is 0. The minimum absolute atomic E-state index is 0.271. The van der Waals surface area contributed by atoms with Crippen molar-refractivity contribution in [1.82, 2.24) is 0 Å². The molecule has 0 radical (unpaired) electrons. The molecule has 3 N–H and O–H groups in total. The van der Waals surface area contributed by atoms with Crippen LogP contribution in [0.25, 0.3) is 11.1 Å². The SMILES string of the molecule is NC[C@@H](O)c1cccc2c1Cc1ccccc1-2. The zero-order chi connectivity index (χ0) is 11.8. The van der Waals surface area contributed by atoms with Crippen LogP contribution in [-0.4, -0.2) is 11.7 Å². The van der Waals surface area contributed by atoms with Crippen LogP contribution in [0.4, 0.5) is 0 Å². The van der Waals surface area contributed by atoms with Crippen molar-refractivity contribution in [2.24, 2.45) is 5.73 Å². The summed E-state index contributed by atoms with van der Waals surface area (Å²) in [5, 5.41) is 9.95. The second-order valence-electron chi connectivity index (χ2n) is 4.46. The molecule has 0 unspecified atom stereocenters. The first-order chi connectivity index (χ1) is 8.31. The Morgan fingerprint density at radius 3 is 2.65 bits per heavy atom. The lowest BCUT2D eigenvalue weighted by Crippen LogP contribution is -2.13. The molecule has 17 heavy (non-hydrogen) atoms. The fraction of sp³-hybridized carbons (Fsp3) is 0.200. The molecule has 1 atom stereocenters. The average molecular weight is 225 g/mol. The molecule has 0 saturated heterocycles. The van der Waals surface area contributed by atoms with E-state index in [2.05, 4.69) is 30.3 Å². The van der Waals surface area contributed by atoms with Gasteiger partial charge in [0.2, 0.25) is 0 Å². The summed E-state index contributed by atoms with van der Waals surface area (Å²) in [5.41, 5.74) is 11.6. The maximum absolute atomic E-state index is 9.95. The van der Waals surface area contributed by atoms with Crippen molar-refractivity contribution in [3.63, 3.8) is 0 Å². The van der Waals surface area contributed by atoms with Gasteiger partial charge in [0.1, 0.15) is 0 Å². The van der Waals surface area contributed by atoms with Crippen molar-refractivity contribution in [3.05, 3.63) is 59.2 Å². The van der Waals surface area contributed by atoms with Crippen LogP contribution in [0.5, 0.6) is 0 Å². The van der Waals surface area contributed by atoms with Gasteiger partial charge in [-0.05, 0) is 34.2 Å². The zero-order valence-corrected chi connectivity index (χ0v) is 9.56. The van der Waals surface area contributed by atoms with Gasteiger partial charge in [0.25, 0.3) is 0 Å². The second-order valence-corrected chi connectivity index (χ2v) is 4.46. The second kappa shape index (κ2) is 3.99. The smallest absolute Gasteiger partial charge is 0.0915 e. The molecule has 0 aliphatic heterocycles. The van der Waals surface area contributed by atoms with E-state index in [4.69, 9.17) is 5.73 Å². The topological polar surface area (TPSA) is 46.2 Å². The van der Waals surface area contributed by atoms with Crippen LogP contribution in [-0.2, 0) is 6.42 Å². The first-order valence-corrected chi connectivity index (χ1v) is 5.89. The Bertz CT molecular complexity index is 563. The molecule has 0 spiro atoms. The molecule has 2 aromatic carbocycles. The van der Waals surface area contributed by atoms with Gasteiger partial charge in [-0.15, -0.1) is 0 Å². The maximum atomic E-state index is 9.95. The molecule has 1 aliphatic rings. The van der Waals surface area contributed by atoms with E-state index in [-0.39, 0.29) is 6.54 Å². The van der Waals surface area contributed by atoms with Crippen molar-refractivity contribution in [1.29, 1.82) is 0 Å². The molecule has 3 rings (SSSR count). The molecule has 1 aliphatic carbocycles. The Kier molecular flexibility index (Phi) is 2.46. The Labute approximate surface area is 101 Å². The number of fused-ring (bicyclic) bond motifs is 3. The maximum Gasteiger partial charge on any atom is 0.0915 e. The van der Waals surface area contributed by atoms with Crippen molar-refractivity contribution in [2.75, 3.05) is 6.54 Å². The highest BCUT2D eigenvalue weighted by Crippen LogP contribution is 2.39. The van der Waals surface area contributed by atoms with Gasteiger partial charge in [0.15, 0.2) is 0 Å². The number of rotatable bonds is 2. The van der Waals surface area contributed by atoms with Gasteiger partial charge >= 0.3 is 0 Å². The van der Waals surface area contributed by atoms with Crippen LogP contribution < -0.4 is 5.73 Å². The summed E-state index contributed by atoms with van der Waals surface area (Å²) >= 11 is 0. The van der Waals surface area contributed by atoms with E-state index in [9.17, 15) is 5.11 Å². The van der Waals surface area contributed by atoms with E-state index in [0.717, 1.165) is 12.0 Å². The predicted octanol–water partition coefficient (Wildman–Crippen LogP) is 2.25. The first kappa shape index (κ1) is 10.5. The number of benzene rings is 2. The fourth-order valence-corrected chi connectivity index (χ4v) is 2.62. The predicted molar refractivity (Wildman–Crippen MR) is 68.7 cm³/mol. The van der Waals surface area contributed by atoms with Gasteiger partial charge in [0, 0.05) is 6.54 Å². The molecule has 0 bridgehead atoms. The molecule has 2 aromatic rings. The lowest BCUT2D eigenvalue weighted by molar-refractivity contribution is 0.186. The summed E-state index contributed by atoms with van der Waals surface area (Å²) in [6.45, 7) is 0.271. The molecule has 0 heterocycles. The van der Waals surface area contributed by atoms with Crippen LogP contribution >= 0.6 is 0 Å². The number of nitrogens with two attached hydrogens (primary N) is 1. The van der Waals surface area contributed by atoms with Crippen LogP contribution in [0.2, 0.25) is 0 Å². The summed E-state index contributed by atoms with van der Waals surface area (Å²) in [4.78, 5) is 0. The Morgan fingerprint density at radius 1 is 1.06 bits per heavy atom. The molecule has 2 heteroatoms. The van der Waals surface area contributed by atoms with E-state index in [1.54, 1.807) is 0 Å². The van der Waals surface area contributed by atoms with Crippen LogP contribution in [0.3, 0.4) is 0 Å². The lowest BCUT2D eigenvalue weighted by Gasteiger charge is -2.13. The van der Waals surface area contributed by atoms with E-state index in [0.29, 0.717) is 0 Å². The summed E-state index contributed by atoms with van der Waals surface area (Å²) in [6.07, 6.45) is 0.345. The number of aliphatic hydroxyl groups excluding tert-OH is 1. The zero-order valence-electron chi connectivity index (χ0n) is 9.56. The third-order valence-corrected chi connectivity index (χ3v) is 3.47. The molecule has 0 aromatic heterocycles. The average Bonchev–Trinajstić information content (AvgIpc) is 2.76. The summed E-state index contributed by atoms with van der Waals surface area (Å²) in [7, 11) is 0. The Hall–Kier alpha value is -1.64. The van der Waals surface area contributed by atoms with E-state index < -0.39 is 6.10 Å². The quantitative estimate of drug-likeness (QED) is 0.702.